The predicted molar refractivity (Wildman–Crippen MR) is 105 cm³/mol. The highest BCUT2D eigenvalue weighted by Gasteiger charge is 2.06. The molecule has 0 aliphatic heterocycles. The number of H-pyrrole nitrogens is 1. The summed E-state index contributed by atoms with van der Waals surface area (Å²) in [6, 6.07) is 17.6. The standard InChI is InChI=1S/C20H13ClFN5/c21-17-4-3-13(8-18(17)22)25-15-7-16(11-23)27-20(10-15)26-14-2-1-12-5-6-24-19(12)9-14/h1-10,24H,(H2,25,26,27). The van der Waals surface area contributed by atoms with Crippen LogP contribution < -0.4 is 10.6 Å². The van der Waals surface area contributed by atoms with Crippen LogP contribution >= 0.6 is 11.6 Å². The number of benzene rings is 2. The number of pyridine rings is 1. The van der Waals surface area contributed by atoms with E-state index in [1.165, 1.54) is 12.1 Å². The Bertz CT molecular complexity index is 1180. The molecular formula is C20H13ClFN5. The van der Waals surface area contributed by atoms with Gasteiger partial charge >= 0.3 is 0 Å². The second-order valence-corrected chi connectivity index (χ2v) is 6.30. The summed E-state index contributed by atoms with van der Waals surface area (Å²) >= 11 is 5.71. The zero-order valence-corrected chi connectivity index (χ0v) is 14.7. The van der Waals surface area contributed by atoms with Gasteiger partial charge in [-0.1, -0.05) is 17.7 Å². The number of nitriles is 1. The summed E-state index contributed by atoms with van der Waals surface area (Å²) in [5.74, 6) is -0.0225. The number of aromatic nitrogens is 2. The predicted octanol–water partition coefficient (Wildman–Crippen LogP) is 5.71. The summed E-state index contributed by atoms with van der Waals surface area (Å²) in [5.41, 5.74) is 3.18. The van der Waals surface area contributed by atoms with Crippen molar-refractivity contribution in [2.24, 2.45) is 0 Å². The Hall–Kier alpha value is -3.56. The number of anilines is 4. The van der Waals surface area contributed by atoms with Crippen molar-refractivity contribution in [3.8, 4) is 6.07 Å². The third-order valence-corrected chi connectivity index (χ3v) is 4.28. The Kier molecular flexibility index (Phi) is 4.37. The van der Waals surface area contributed by atoms with E-state index in [0.29, 0.717) is 17.2 Å². The van der Waals surface area contributed by atoms with Gasteiger partial charge in [-0.15, -0.1) is 0 Å². The molecule has 5 nitrogen and oxygen atoms in total. The van der Waals surface area contributed by atoms with E-state index in [1.807, 2.05) is 36.5 Å². The average molecular weight is 378 g/mol. The molecule has 2 aromatic carbocycles. The molecule has 3 N–H and O–H groups in total. The molecule has 0 atom stereocenters. The molecule has 0 unspecified atom stereocenters. The molecular weight excluding hydrogens is 365 g/mol. The molecule has 0 spiro atoms. The van der Waals surface area contributed by atoms with Crippen molar-refractivity contribution in [2.75, 3.05) is 10.6 Å². The first-order valence-corrected chi connectivity index (χ1v) is 8.47. The van der Waals surface area contributed by atoms with E-state index >= 15 is 0 Å². The van der Waals surface area contributed by atoms with Crippen molar-refractivity contribution in [1.29, 1.82) is 5.26 Å². The Morgan fingerprint density at radius 2 is 1.78 bits per heavy atom. The number of nitrogens with zero attached hydrogens (tertiary/aromatic N) is 2. The van der Waals surface area contributed by atoms with Gasteiger partial charge in [0.1, 0.15) is 23.4 Å². The number of hydrogen-bond acceptors (Lipinski definition) is 4. The van der Waals surface area contributed by atoms with Crippen molar-refractivity contribution in [1.82, 2.24) is 9.97 Å². The van der Waals surface area contributed by atoms with Crippen LogP contribution in [0.25, 0.3) is 10.9 Å². The summed E-state index contributed by atoms with van der Waals surface area (Å²) in [7, 11) is 0. The first-order chi connectivity index (χ1) is 13.1. The second kappa shape index (κ2) is 6.98. The third-order valence-electron chi connectivity index (χ3n) is 3.98. The van der Waals surface area contributed by atoms with Gasteiger partial charge in [0, 0.05) is 34.8 Å². The number of rotatable bonds is 4. The van der Waals surface area contributed by atoms with E-state index in [9.17, 15) is 9.65 Å². The van der Waals surface area contributed by atoms with Crippen LogP contribution in [0.3, 0.4) is 0 Å². The maximum atomic E-state index is 13.6. The van der Waals surface area contributed by atoms with Crippen LogP contribution in [0.2, 0.25) is 5.02 Å². The largest absolute Gasteiger partial charge is 0.361 e. The molecule has 0 radical (unpaired) electrons. The average Bonchev–Trinajstić information content (AvgIpc) is 3.12. The molecule has 0 saturated carbocycles. The summed E-state index contributed by atoms with van der Waals surface area (Å²) in [5, 5.41) is 16.7. The maximum absolute atomic E-state index is 13.6. The summed E-state index contributed by atoms with van der Waals surface area (Å²) in [4.78, 5) is 7.42. The van der Waals surface area contributed by atoms with Crippen LogP contribution in [0.15, 0.2) is 60.8 Å². The number of aromatic amines is 1. The number of halogens is 2. The highest BCUT2D eigenvalue weighted by atomic mass is 35.5. The van der Waals surface area contributed by atoms with Crippen LogP contribution in [0, 0.1) is 17.1 Å². The van der Waals surface area contributed by atoms with E-state index in [0.717, 1.165) is 16.6 Å². The van der Waals surface area contributed by atoms with E-state index in [4.69, 9.17) is 11.6 Å². The second-order valence-electron chi connectivity index (χ2n) is 5.90. The molecule has 4 aromatic rings. The van der Waals surface area contributed by atoms with Gasteiger partial charge in [0.25, 0.3) is 0 Å². The summed E-state index contributed by atoms with van der Waals surface area (Å²) in [6.45, 7) is 0. The Morgan fingerprint density at radius 1 is 0.963 bits per heavy atom. The molecule has 0 bridgehead atoms. The number of fused-ring (bicyclic) bond motifs is 1. The molecule has 132 valence electrons. The van der Waals surface area contributed by atoms with Gasteiger partial charge in [0.2, 0.25) is 0 Å². The highest BCUT2D eigenvalue weighted by molar-refractivity contribution is 6.30. The zero-order chi connectivity index (χ0) is 18.8. The van der Waals surface area contributed by atoms with Crippen LogP contribution in [-0.2, 0) is 0 Å². The van der Waals surface area contributed by atoms with Gasteiger partial charge < -0.3 is 15.6 Å². The molecule has 4 rings (SSSR count). The molecule has 2 aromatic heterocycles. The Balaban J connectivity index is 1.63. The quantitative estimate of drug-likeness (QED) is 0.425. The van der Waals surface area contributed by atoms with Crippen LogP contribution in [-0.4, -0.2) is 9.97 Å². The minimum absolute atomic E-state index is 0.0510. The maximum Gasteiger partial charge on any atom is 0.144 e. The molecule has 0 aliphatic carbocycles. The van der Waals surface area contributed by atoms with E-state index in [-0.39, 0.29) is 10.7 Å². The van der Waals surface area contributed by atoms with Gasteiger partial charge in [-0.2, -0.15) is 5.26 Å². The molecule has 0 saturated heterocycles. The lowest BCUT2D eigenvalue weighted by Gasteiger charge is -2.11. The minimum Gasteiger partial charge on any atom is -0.361 e. The van der Waals surface area contributed by atoms with Crippen molar-refractivity contribution >= 4 is 45.4 Å². The van der Waals surface area contributed by atoms with Gasteiger partial charge in [-0.25, -0.2) is 9.37 Å². The van der Waals surface area contributed by atoms with Gasteiger partial charge in [0.05, 0.1) is 5.02 Å². The highest BCUT2D eigenvalue weighted by Crippen LogP contribution is 2.26. The monoisotopic (exact) mass is 377 g/mol. The molecule has 0 amide bonds. The fourth-order valence-electron chi connectivity index (χ4n) is 2.74. The molecule has 7 heteroatoms. The molecule has 27 heavy (non-hydrogen) atoms. The van der Waals surface area contributed by atoms with Crippen molar-refractivity contribution < 1.29 is 4.39 Å². The lowest BCUT2D eigenvalue weighted by Crippen LogP contribution is -1.99. The topological polar surface area (TPSA) is 76.5 Å². The minimum atomic E-state index is -0.520. The Labute approximate surface area is 159 Å². The lowest BCUT2D eigenvalue weighted by atomic mass is 10.2. The Morgan fingerprint density at radius 3 is 2.59 bits per heavy atom. The fourth-order valence-corrected chi connectivity index (χ4v) is 2.86. The van der Waals surface area contributed by atoms with Crippen LogP contribution in [0.5, 0.6) is 0 Å². The fraction of sp³-hybridized carbons (Fsp3) is 0. The molecule has 0 aliphatic rings. The number of nitrogens with one attached hydrogen (secondary N) is 3. The van der Waals surface area contributed by atoms with E-state index in [2.05, 4.69) is 20.6 Å². The normalized spacial score (nSPS) is 10.6. The first-order valence-electron chi connectivity index (χ1n) is 8.09. The van der Waals surface area contributed by atoms with E-state index < -0.39 is 5.82 Å². The summed E-state index contributed by atoms with van der Waals surface area (Å²) in [6.07, 6.45) is 1.87. The number of hydrogen-bond donors (Lipinski definition) is 3. The first kappa shape index (κ1) is 16.9. The van der Waals surface area contributed by atoms with Crippen molar-refractivity contribution in [3.05, 3.63) is 77.3 Å². The van der Waals surface area contributed by atoms with Crippen LogP contribution in [0.4, 0.5) is 27.3 Å². The smallest absolute Gasteiger partial charge is 0.144 e. The SMILES string of the molecule is N#Cc1cc(Nc2ccc(Cl)c(F)c2)cc(Nc2ccc3cc[nH]c3c2)n1. The molecule has 0 fully saturated rings. The van der Waals surface area contributed by atoms with Gasteiger partial charge in [-0.05, 0) is 47.9 Å². The third kappa shape index (κ3) is 3.68. The van der Waals surface area contributed by atoms with Crippen molar-refractivity contribution in [3.63, 3.8) is 0 Å². The lowest BCUT2D eigenvalue weighted by molar-refractivity contribution is 0.629. The zero-order valence-electron chi connectivity index (χ0n) is 13.9. The van der Waals surface area contributed by atoms with Crippen LogP contribution in [0.1, 0.15) is 5.69 Å². The van der Waals surface area contributed by atoms with Gasteiger partial charge in [0.15, 0.2) is 0 Å². The van der Waals surface area contributed by atoms with Gasteiger partial charge in [-0.3, -0.25) is 0 Å². The molecule has 2 heterocycles. The van der Waals surface area contributed by atoms with Crippen molar-refractivity contribution in [2.45, 2.75) is 0 Å². The van der Waals surface area contributed by atoms with E-state index in [1.54, 1.807) is 18.2 Å². The summed E-state index contributed by atoms with van der Waals surface area (Å²) < 4.78 is 13.6.